The number of carbonyl (C=O) groups excluding carboxylic acids is 1. The van der Waals surface area contributed by atoms with Gasteiger partial charge in [-0.1, -0.05) is 24.3 Å². The number of amides is 1. The van der Waals surface area contributed by atoms with Gasteiger partial charge in [-0.15, -0.1) is 24.0 Å². The number of rotatable bonds is 3. The van der Waals surface area contributed by atoms with E-state index in [0.29, 0.717) is 0 Å². The summed E-state index contributed by atoms with van der Waals surface area (Å²) in [6.45, 7) is 0.793. The minimum atomic E-state index is -0.0177. The molecule has 0 spiro atoms. The van der Waals surface area contributed by atoms with E-state index in [1.54, 1.807) is 0 Å². The number of aliphatic imine (C=N–C) groups is 1. The molecule has 6 heteroatoms. The molecule has 1 aliphatic heterocycles. The number of aryl methyl sites for hydroxylation is 3. The third-order valence-corrected chi connectivity index (χ3v) is 5.17. The molecule has 1 aliphatic carbocycles. The van der Waals surface area contributed by atoms with Gasteiger partial charge in [0.15, 0.2) is 5.96 Å². The van der Waals surface area contributed by atoms with Crippen LogP contribution in [0.5, 0.6) is 0 Å². The number of hydrogen-bond acceptors (Lipinski definition) is 2. The molecule has 0 bridgehead atoms. The maximum Gasteiger partial charge on any atom is 0.248 e. The molecule has 0 saturated heterocycles. The summed E-state index contributed by atoms with van der Waals surface area (Å²) in [6, 6.07) is 14.4. The van der Waals surface area contributed by atoms with Gasteiger partial charge in [-0.2, -0.15) is 0 Å². The smallest absolute Gasteiger partial charge is 0.248 e. The Morgan fingerprint density at radius 2 is 1.81 bits per heavy atom. The number of guanidine groups is 1. The highest BCUT2D eigenvalue weighted by Gasteiger charge is 2.21. The minimum absolute atomic E-state index is 0. The molecule has 3 N–H and O–H groups in total. The van der Waals surface area contributed by atoms with Crippen LogP contribution in [0.1, 0.15) is 29.5 Å². The predicted molar refractivity (Wildman–Crippen MR) is 121 cm³/mol. The van der Waals surface area contributed by atoms with E-state index in [4.69, 9.17) is 5.73 Å². The first-order valence-corrected chi connectivity index (χ1v) is 9.28. The van der Waals surface area contributed by atoms with Crippen LogP contribution in [-0.4, -0.2) is 25.0 Å². The average Bonchev–Trinajstić information content (AvgIpc) is 3.13. The number of anilines is 2. The largest absolute Gasteiger partial charge is 0.370 e. The first kappa shape index (κ1) is 19.7. The molecule has 0 aromatic heterocycles. The van der Waals surface area contributed by atoms with Gasteiger partial charge in [0.2, 0.25) is 5.91 Å². The molecule has 1 amide bonds. The summed E-state index contributed by atoms with van der Waals surface area (Å²) >= 11 is 0. The van der Waals surface area contributed by atoms with Gasteiger partial charge in [-0.3, -0.25) is 4.79 Å². The number of nitrogens with one attached hydrogen (secondary N) is 1. The Morgan fingerprint density at radius 3 is 2.70 bits per heavy atom. The number of halogens is 1. The fourth-order valence-corrected chi connectivity index (χ4v) is 3.87. The van der Waals surface area contributed by atoms with E-state index >= 15 is 0 Å². The number of carbonyl (C=O) groups is 1. The lowest BCUT2D eigenvalue weighted by molar-refractivity contribution is -0.117. The van der Waals surface area contributed by atoms with Crippen molar-refractivity contribution in [1.29, 1.82) is 0 Å². The Hall–Kier alpha value is -2.09. The Balaban J connectivity index is 0.00000210. The summed E-state index contributed by atoms with van der Waals surface area (Å²) in [5, 5.41) is 3.11. The maximum absolute atomic E-state index is 12.6. The Kier molecular flexibility index (Phi) is 6.36. The standard InChI is InChI=1S/C21H24N4O.HI/c22-21(24-18-11-10-15-6-3-7-17(15)13-18)23-14-20(26)25-12-4-8-16-5-1-2-9-19(16)25;/h1-2,5,9-11,13H,3-4,6-8,12,14H2,(H3,22,23,24);1H. The zero-order chi connectivity index (χ0) is 17.9. The first-order chi connectivity index (χ1) is 12.7. The minimum Gasteiger partial charge on any atom is -0.370 e. The van der Waals surface area contributed by atoms with Crippen LogP contribution in [0.4, 0.5) is 11.4 Å². The van der Waals surface area contributed by atoms with Crippen molar-refractivity contribution in [2.75, 3.05) is 23.3 Å². The second kappa shape index (κ2) is 8.73. The third-order valence-electron chi connectivity index (χ3n) is 5.17. The number of hydrogen-bond donors (Lipinski definition) is 2. The lowest BCUT2D eigenvalue weighted by atomic mass is 10.0. The van der Waals surface area contributed by atoms with Crippen molar-refractivity contribution < 1.29 is 4.79 Å². The van der Waals surface area contributed by atoms with Crippen LogP contribution in [0.25, 0.3) is 0 Å². The fourth-order valence-electron chi connectivity index (χ4n) is 3.87. The van der Waals surface area contributed by atoms with E-state index in [1.807, 2.05) is 29.2 Å². The van der Waals surface area contributed by atoms with Crippen molar-refractivity contribution in [3.63, 3.8) is 0 Å². The molecule has 142 valence electrons. The molecular weight excluding hydrogens is 451 g/mol. The molecule has 0 fully saturated rings. The Morgan fingerprint density at radius 1 is 1.04 bits per heavy atom. The summed E-state index contributed by atoms with van der Waals surface area (Å²) in [5.41, 5.74) is 12.0. The van der Waals surface area contributed by atoms with Gasteiger partial charge in [-0.25, -0.2) is 4.99 Å². The normalized spacial score (nSPS) is 15.6. The van der Waals surface area contributed by atoms with Crippen molar-refractivity contribution in [3.05, 3.63) is 59.2 Å². The Labute approximate surface area is 177 Å². The van der Waals surface area contributed by atoms with Gasteiger partial charge in [0.05, 0.1) is 0 Å². The molecule has 1 heterocycles. The molecule has 4 rings (SSSR count). The van der Waals surface area contributed by atoms with E-state index in [9.17, 15) is 4.79 Å². The lowest BCUT2D eigenvalue weighted by Gasteiger charge is -2.29. The van der Waals surface area contributed by atoms with Crippen molar-refractivity contribution >= 4 is 47.2 Å². The van der Waals surface area contributed by atoms with Crippen LogP contribution in [0.2, 0.25) is 0 Å². The van der Waals surface area contributed by atoms with Crippen molar-refractivity contribution in [2.24, 2.45) is 10.7 Å². The van der Waals surface area contributed by atoms with E-state index in [-0.39, 0.29) is 42.4 Å². The molecule has 0 atom stereocenters. The van der Waals surface area contributed by atoms with Crippen LogP contribution in [0, 0.1) is 0 Å². The van der Waals surface area contributed by atoms with Gasteiger partial charge in [-0.05, 0) is 67.0 Å². The van der Waals surface area contributed by atoms with E-state index in [1.165, 1.54) is 23.1 Å². The summed E-state index contributed by atoms with van der Waals surface area (Å²) in [6.07, 6.45) is 5.49. The maximum atomic E-state index is 12.6. The molecule has 2 aromatic carbocycles. The molecular formula is C21H25IN4O. The quantitative estimate of drug-likeness (QED) is 0.405. The highest BCUT2D eigenvalue weighted by molar-refractivity contribution is 14.0. The SMILES string of the molecule is I.NC(=NCC(=O)N1CCCc2ccccc21)Nc1ccc2c(c1)CCC2. The molecule has 0 saturated carbocycles. The zero-order valence-corrected chi connectivity index (χ0v) is 17.6. The Bertz CT molecular complexity index is 865. The van der Waals surface area contributed by atoms with Gasteiger partial charge in [0, 0.05) is 17.9 Å². The van der Waals surface area contributed by atoms with Crippen LogP contribution < -0.4 is 16.0 Å². The van der Waals surface area contributed by atoms with E-state index in [0.717, 1.165) is 43.6 Å². The number of nitrogens with zero attached hydrogens (tertiary/aromatic N) is 2. The van der Waals surface area contributed by atoms with Crippen LogP contribution in [0.3, 0.4) is 0 Å². The monoisotopic (exact) mass is 476 g/mol. The summed E-state index contributed by atoms with van der Waals surface area (Å²) < 4.78 is 0. The topological polar surface area (TPSA) is 70.7 Å². The highest BCUT2D eigenvalue weighted by Crippen LogP contribution is 2.27. The van der Waals surface area contributed by atoms with Gasteiger partial charge >= 0.3 is 0 Å². The number of nitrogens with two attached hydrogens (primary N) is 1. The molecule has 5 nitrogen and oxygen atoms in total. The second-order valence-corrected chi connectivity index (χ2v) is 6.94. The third kappa shape index (κ3) is 4.43. The van der Waals surface area contributed by atoms with Gasteiger partial charge < -0.3 is 16.0 Å². The van der Waals surface area contributed by atoms with Gasteiger partial charge in [0.25, 0.3) is 0 Å². The van der Waals surface area contributed by atoms with E-state index < -0.39 is 0 Å². The number of benzene rings is 2. The summed E-state index contributed by atoms with van der Waals surface area (Å²) in [5.74, 6) is 0.262. The van der Waals surface area contributed by atoms with E-state index in [2.05, 4.69) is 28.5 Å². The highest BCUT2D eigenvalue weighted by atomic mass is 127. The lowest BCUT2D eigenvalue weighted by Crippen LogP contribution is -2.37. The zero-order valence-electron chi connectivity index (χ0n) is 15.3. The molecule has 0 radical (unpaired) electrons. The van der Waals surface area contributed by atoms with Crippen molar-refractivity contribution in [2.45, 2.75) is 32.1 Å². The summed E-state index contributed by atoms with van der Waals surface area (Å²) in [7, 11) is 0. The molecule has 27 heavy (non-hydrogen) atoms. The second-order valence-electron chi connectivity index (χ2n) is 6.94. The van der Waals surface area contributed by atoms with Gasteiger partial charge in [0.1, 0.15) is 6.54 Å². The first-order valence-electron chi connectivity index (χ1n) is 9.28. The molecule has 2 aromatic rings. The molecule has 2 aliphatic rings. The van der Waals surface area contributed by atoms with Crippen LogP contribution >= 0.6 is 24.0 Å². The van der Waals surface area contributed by atoms with Crippen molar-refractivity contribution in [1.82, 2.24) is 0 Å². The fraction of sp³-hybridized carbons (Fsp3) is 0.333. The van der Waals surface area contributed by atoms with Crippen molar-refractivity contribution in [3.8, 4) is 0 Å². The molecule has 0 unspecified atom stereocenters. The number of fused-ring (bicyclic) bond motifs is 2. The van der Waals surface area contributed by atoms with Crippen LogP contribution in [0.15, 0.2) is 47.5 Å². The van der Waals surface area contributed by atoms with Crippen LogP contribution in [-0.2, 0) is 24.1 Å². The number of para-hydroxylation sites is 1. The average molecular weight is 476 g/mol. The summed E-state index contributed by atoms with van der Waals surface area (Å²) in [4.78, 5) is 18.7. The predicted octanol–water partition coefficient (Wildman–Crippen LogP) is 3.50.